The van der Waals surface area contributed by atoms with Gasteiger partial charge in [0.05, 0.1) is 5.56 Å². The van der Waals surface area contributed by atoms with Crippen LogP contribution in [0.25, 0.3) is 0 Å². The first-order valence-electron chi connectivity index (χ1n) is 8.28. The van der Waals surface area contributed by atoms with Gasteiger partial charge < -0.3 is 10.2 Å². The van der Waals surface area contributed by atoms with E-state index in [1.807, 2.05) is 0 Å². The smallest absolute Gasteiger partial charge is 0.352 e. The predicted octanol–water partition coefficient (Wildman–Crippen LogP) is 2.54. The van der Waals surface area contributed by atoms with Gasteiger partial charge in [0.15, 0.2) is 5.69 Å². The van der Waals surface area contributed by atoms with Gasteiger partial charge in [0.2, 0.25) is 0 Å². The van der Waals surface area contributed by atoms with Gasteiger partial charge in [0, 0.05) is 32.9 Å². The molecular weight excluding hydrogens is 321 g/mol. The number of likely N-dealkylation sites (tertiary alicyclic amines) is 1. The molecule has 0 saturated carbocycles. The largest absolute Gasteiger partial charge is 0.435 e. The van der Waals surface area contributed by atoms with Gasteiger partial charge in [-0.05, 0) is 31.2 Å². The maximum Gasteiger partial charge on any atom is 0.435 e. The number of halogens is 3. The topological polar surface area (TPSA) is 50.2 Å². The molecule has 0 aromatic carbocycles. The molecule has 1 aromatic rings. The normalized spacial score (nSPS) is 22.6. The van der Waals surface area contributed by atoms with Crippen LogP contribution < -0.4 is 5.32 Å². The highest BCUT2D eigenvalue weighted by molar-refractivity contribution is 5.95. The first-order chi connectivity index (χ1) is 11.2. The molecule has 0 spiro atoms. The fraction of sp³-hybridized carbons (Fsp3) is 0.750. The van der Waals surface area contributed by atoms with Crippen LogP contribution in [0, 0.1) is 11.8 Å². The van der Waals surface area contributed by atoms with Crippen LogP contribution in [0.2, 0.25) is 0 Å². The van der Waals surface area contributed by atoms with E-state index in [0.29, 0.717) is 24.8 Å². The van der Waals surface area contributed by atoms with Crippen molar-refractivity contribution in [3.8, 4) is 0 Å². The van der Waals surface area contributed by atoms with Gasteiger partial charge >= 0.3 is 6.18 Å². The third-order valence-electron chi connectivity index (χ3n) is 4.22. The fourth-order valence-corrected chi connectivity index (χ4v) is 3.44. The Morgan fingerprint density at radius 2 is 1.96 bits per heavy atom. The highest BCUT2D eigenvalue weighted by Gasteiger charge is 2.38. The second kappa shape index (κ2) is 7.55. The summed E-state index contributed by atoms with van der Waals surface area (Å²) in [6, 6.07) is 0. The molecule has 136 valence electrons. The Morgan fingerprint density at radius 3 is 2.54 bits per heavy atom. The van der Waals surface area contributed by atoms with E-state index in [9.17, 15) is 18.0 Å². The summed E-state index contributed by atoms with van der Waals surface area (Å²) in [5.74, 6) is 0.594. The molecule has 2 heterocycles. The summed E-state index contributed by atoms with van der Waals surface area (Å²) in [4.78, 5) is 14.4. The van der Waals surface area contributed by atoms with E-state index in [4.69, 9.17) is 0 Å². The van der Waals surface area contributed by atoms with Crippen molar-refractivity contribution in [2.24, 2.45) is 18.9 Å². The number of carbonyl (C=O) groups excluding carboxylic acids is 1. The lowest BCUT2D eigenvalue weighted by Gasteiger charge is -2.34. The third-order valence-corrected chi connectivity index (χ3v) is 4.22. The molecule has 0 radical (unpaired) electrons. The Morgan fingerprint density at radius 1 is 1.33 bits per heavy atom. The van der Waals surface area contributed by atoms with Gasteiger partial charge in [-0.3, -0.25) is 9.48 Å². The minimum atomic E-state index is -4.63. The van der Waals surface area contributed by atoms with E-state index >= 15 is 0 Å². The van der Waals surface area contributed by atoms with Crippen molar-refractivity contribution in [2.75, 3.05) is 26.2 Å². The molecule has 2 atom stereocenters. The molecule has 8 heteroatoms. The molecule has 1 saturated heterocycles. The van der Waals surface area contributed by atoms with E-state index in [1.54, 1.807) is 0 Å². The zero-order chi connectivity index (χ0) is 17.9. The monoisotopic (exact) mass is 346 g/mol. The highest BCUT2D eigenvalue weighted by Crippen LogP contribution is 2.30. The van der Waals surface area contributed by atoms with Gasteiger partial charge in [0.25, 0.3) is 5.91 Å². The second-order valence-corrected chi connectivity index (χ2v) is 6.88. The Bertz CT molecular complexity index is 560. The molecule has 1 N–H and O–H groups in total. The quantitative estimate of drug-likeness (QED) is 0.834. The Labute approximate surface area is 140 Å². The zero-order valence-corrected chi connectivity index (χ0v) is 14.4. The number of amides is 1. The third kappa shape index (κ3) is 4.96. The van der Waals surface area contributed by atoms with Crippen molar-refractivity contribution < 1.29 is 18.0 Å². The minimum Gasteiger partial charge on any atom is -0.352 e. The molecule has 0 bridgehead atoms. The molecule has 1 aromatic heterocycles. The van der Waals surface area contributed by atoms with Crippen LogP contribution in [-0.2, 0) is 13.2 Å². The van der Waals surface area contributed by atoms with E-state index in [-0.39, 0.29) is 0 Å². The molecule has 1 fully saturated rings. The van der Waals surface area contributed by atoms with Crippen molar-refractivity contribution in [3.63, 3.8) is 0 Å². The molecule has 2 rings (SSSR count). The molecule has 1 aliphatic heterocycles. The number of aryl methyl sites for hydroxylation is 1. The van der Waals surface area contributed by atoms with E-state index in [1.165, 1.54) is 13.5 Å². The standard InChI is InChI=1S/C16H25F3N4O/c1-11-7-12(2)9-23(8-11)6-4-5-20-15(24)13-10-22(3)21-14(13)16(17,18)19/h10-12H,4-9H2,1-3H3,(H,20,24)/t11-,12-/m1/s1. The van der Waals surface area contributed by atoms with Crippen LogP contribution in [0.5, 0.6) is 0 Å². The fourth-order valence-electron chi connectivity index (χ4n) is 3.44. The van der Waals surface area contributed by atoms with Crippen LogP contribution in [0.1, 0.15) is 42.7 Å². The summed E-state index contributed by atoms with van der Waals surface area (Å²) in [5.41, 5.74) is -1.56. The second-order valence-electron chi connectivity index (χ2n) is 6.88. The number of nitrogens with one attached hydrogen (secondary N) is 1. The van der Waals surface area contributed by atoms with Crippen molar-refractivity contribution >= 4 is 5.91 Å². The lowest BCUT2D eigenvalue weighted by Crippen LogP contribution is -2.40. The van der Waals surface area contributed by atoms with Crippen LogP contribution in [-0.4, -0.2) is 46.8 Å². The van der Waals surface area contributed by atoms with Crippen LogP contribution in [0.15, 0.2) is 6.20 Å². The van der Waals surface area contributed by atoms with Crippen molar-refractivity contribution in [2.45, 2.75) is 32.9 Å². The lowest BCUT2D eigenvalue weighted by atomic mass is 9.92. The summed E-state index contributed by atoms with van der Waals surface area (Å²) in [6.07, 6.45) is -1.58. The summed E-state index contributed by atoms with van der Waals surface area (Å²) < 4.78 is 39.6. The first-order valence-corrected chi connectivity index (χ1v) is 8.28. The SMILES string of the molecule is C[C@@H]1C[C@@H](C)CN(CCCNC(=O)c2cn(C)nc2C(F)(F)F)C1. The molecule has 5 nitrogen and oxygen atoms in total. The number of nitrogens with zero attached hydrogens (tertiary/aromatic N) is 3. The first kappa shape index (κ1) is 18.8. The maximum absolute atomic E-state index is 12.9. The number of hydrogen-bond donors (Lipinski definition) is 1. The van der Waals surface area contributed by atoms with Crippen molar-refractivity contribution in [1.82, 2.24) is 20.0 Å². The summed E-state index contributed by atoms with van der Waals surface area (Å²) >= 11 is 0. The Hall–Kier alpha value is -1.57. The minimum absolute atomic E-state index is 0.351. The van der Waals surface area contributed by atoms with Crippen molar-refractivity contribution in [1.29, 1.82) is 0 Å². The molecule has 1 amide bonds. The number of aromatic nitrogens is 2. The summed E-state index contributed by atoms with van der Waals surface area (Å²) in [5, 5.41) is 5.91. The van der Waals surface area contributed by atoms with E-state index < -0.39 is 23.3 Å². The van der Waals surface area contributed by atoms with Gasteiger partial charge in [-0.2, -0.15) is 18.3 Å². The molecule has 1 aliphatic rings. The molecular formula is C16H25F3N4O. The number of carbonyl (C=O) groups is 1. The lowest BCUT2D eigenvalue weighted by molar-refractivity contribution is -0.141. The van der Waals surface area contributed by atoms with E-state index in [2.05, 4.69) is 29.2 Å². The molecule has 24 heavy (non-hydrogen) atoms. The van der Waals surface area contributed by atoms with Gasteiger partial charge in [-0.25, -0.2) is 0 Å². The van der Waals surface area contributed by atoms with E-state index in [0.717, 1.165) is 30.5 Å². The van der Waals surface area contributed by atoms with Crippen LogP contribution >= 0.6 is 0 Å². The maximum atomic E-state index is 12.9. The summed E-state index contributed by atoms with van der Waals surface area (Å²) in [6.45, 7) is 7.73. The number of alkyl halides is 3. The van der Waals surface area contributed by atoms with Gasteiger partial charge in [-0.15, -0.1) is 0 Å². The Kier molecular flexibility index (Phi) is 5.90. The van der Waals surface area contributed by atoms with Crippen LogP contribution in [0.3, 0.4) is 0 Å². The Balaban J connectivity index is 1.82. The average molecular weight is 346 g/mol. The number of hydrogen-bond acceptors (Lipinski definition) is 3. The van der Waals surface area contributed by atoms with Crippen LogP contribution in [0.4, 0.5) is 13.2 Å². The van der Waals surface area contributed by atoms with Gasteiger partial charge in [0.1, 0.15) is 0 Å². The van der Waals surface area contributed by atoms with Gasteiger partial charge in [-0.1, -0.05) is 13.8 Å². The average Bonchev–Trinajstić information content (AvgIpc) is 2.84. The number of piperidine rings is 1. The molecule has 0 aliphatic carbocycles. The highest BCUT2D eigenvalue weighted by atomic mass is 19.4. The predicted molar refractivity (Wildman–Crippen MR) is 84.5 cm³/mol. The number of rotatable bonds is 5. The zero-order valence-electron chi connectivity index (χ0n) is 14.4. The summed E-state index contributed by atoms with van der Waals surface area (Å²) in [7, 11) is 1.37. The van der Waals surface area contributed by atoms with Crippen molar-refractivity contribution in [3.05, 3.63) is 17.5 Å². The molecule has 0 unspecified atom stereocenters.